The average molecular weight is 562 g/mol. The van der Waals surface area contributed by atoms with Crippen LogP contribution in [0.1, 0.15) is 78.2 Å². The van der Waals surface area contributed by atoms with Crippen LogP contribution in [0, 0.1) is 0 Å². The normalized spacial score (nSPS) is 22.3. The summed E-state index contributed by atoms with van der Waals surface area (Å²) in [4.78, 5) is 36.0. The number of amides is 2. The van der Waals surface area contributed by atoms with E-state index in [9.17, 15) is 36.6 Å². The molecule has 208 valence electrons. The molecule has 2 fully saturated rings. The highest BCUT2D eigenvalue weighted by atomic mass is 32.1. The fourth-order valence-electron chi connectivity index (χ4n) is 4.58. The van der Waals surface area contributed by atoms with Gasteiger partial charge in [-0.3, -0.25) is 9.59 Å². The number of rotatable bonds is 8. The van der Waals surface area contributed by atoms with Crippen LogP contribution >= 0.6 is 11.3 Å². The van der Waals surface area contributed by atoms with Crippen LogP contribution in [-0.2, 0) is 0 Å². The second kappa shape index (κ2) is 11.1. The van der Waals surface area contributed by atoms with Crippen LogP contribution in [0.3, 0.4) is 0 Å². The van der Waals surface area contributed by atoms with Gasteiger partial charge in [0.15, 0.2) is 5.01 Å². The number of carbonyl (C=O) groups excluding carboxylic acids is 2. The summed E-state index contributed by atoms with van der Waals surface area (Å²) < 4.78 is 68.0. The van der Waals surface area contributed by atoms with Crippen molar-refractivity contribution in [1.82, 2.24) is 20.2 Å². The van der Waals surface area contributed by atoms with E-state index in [0.29, 0.717) is 19.4 Å². The molecule has 0 spiro atoms. The zero-order chi connectivity index (χ0) is 27.8. The number of pyridine rings is 1. The van der Waals surface area contributed by atoms with E-state index in [0.717, 1.165) is 36.4 Å². The highest BCUT2D eigenvalue weighted by molar-refractivity contribution is 7.17. The molecule has 1 saturated heterocycles. The Kier molecular flexibility index (Phi) is 8.21. The molecule has 2 aromatic rings. The standard InChI is InChI=1S/C24H28F5N5O3S/c1-3-16(24(27,28)29)32-17-9-14(20(25)26)15(10-30-17)19-18(23(37)34-6-4-5-11(34)2)33-22(38-19)21(36)31-12-7-13(35)8-12/h9-13,16,20,35H,3-8H2,1-2H3,(H,30,32)(H,31,36)/t11-,12-,13-,16-/m0/s1. The summed E-state index contributed by atoms with van der Waals surface area (Å²) in [6.45, 7) is 3.60. The van der Waals surface area contributed by atoms with E-state index in [1.165, 1.54) is 6.92 Å². The lowest BCUT2D eigenvalue weighted by Crippen LogP contribution is -2.46. The Morgan fingerprint density at radius 3 is 2.55 bits per heavy atom. The molecule has 3 heterocycles. The third-order valence-electron chi connectivity index (χ3n) is 6.83. The molecule has 2 atom stereocenters. The predicted octanol–water partition coefficient (Wildman–Crippen LogP) is 4.77. The molecular formula is C24H28F5N5O3S. The van der Waals surface area contributed by atoms with Crippen LogP contribution in [0.25, 0.3) is 10.4 Å². The smallest absolute Gasteiger partial charge is 0.393 e. The number of anilines is 1. The molecule has 0 radical (unpaired) electrons. The number of aromatic nitrogens is 2. The fraction of sp³-hybridized carbons (Fsp3) is 0.583. The number of nitrogens with zero attached hydrogens (tertiary/aromatic N) is 3. The summed E-state index contributed by atoms with van der Waals surface area (Å²) in [5.41, 5.74) is -1.01. The number of hydrogen-bond acceptors (Lipinski definition) is 7. The largest absolute Gasteiger partial charge is 0.408 e. The summed E-state index contributed by atoms with van der Waals surface area (Å²) in [5.74, 6) is -1.52. The molecule has 8 nitrogen and oxygen atoms in total. The van der Waals surface area contributed by atoms with Gasteiger partial charge in [0.25, 0.3) is 18.2 Å². The van der Waals surface area contributed by atoms with Crippen molar-refractivity contribution in [2.45, 2.75) is 82.8 Å². The summed E-state index contributed by atoms with van der Waals surface area (Å²) in [5, 5.41) is 14.2. The number of hydrogen-bond donors (Lipinski definition) is 3. The number of nitrogens with one attached hydrogen (secondary N) is 2. The third-order valence-corrected chi connectivity index (χ3v) is 7.91. The molecule has 1 aliphatic carbocycles. The maximum absolute atomic E-state index is 14.2. The molecule has 2 aliphatic rings. The third kappa shape index (κ3) is 5.90. The Balaban J connectivity index is 1.73. The first-order valence-electron chi connectivity index (χ1n) is 12.3. The van der Waals surface area contributed by atoms with E-state index in [-0.39, 0.29) is 45.5 Å². The van der Waals surface area contributed by atoms with Crippen molar-refractivity contribution in [3.63, 3.8) is 0 Å². The fourth-order valence-corrected chi connectivity index (χ4v) is 5.57. The first-order chi connectivity index (χ1) is 17.9. The predicted molar refractivity (Wildman–Crippen MR) is 130 cm³/mol. The van der Waals surface area contributed by atoms with Crippen LogP contribution in [0.2, 0.25) is 0 Å². The molecule has 1 aliphatic heterocycles. The van der Waals surface area contributed by atoms with E-state index in [4.69, 9.17) is 0 Å². The van der Waals surface area contributed by atoms with E-state index in [1.54, 1.807) is 4.90 Å². The average Bonchev–Trinajstić information content (AvgIpc) is 3.47. The van der Waals surface area contributed by atoms with Crippen LogP contribution in [-0.4, -0.2) is 68.7 Å². The molecule has 38 heavy (non-hydrogen) atoms. The number of halogens is 5. The van der Waals surface area contributed by atoms with Crippen molar-refractivity contribution in [2.24, 2.45) is 0 Å². The SMILES string of the molecule is CC[C@H](Nc1cc(C(F)F)c(-c2sc(C(=O)N[C@H]3C[C@H](O)C3)nc2C(=O)N2CCC[C@@H]2C)cn1)C(F)(F)F. The summed E-state index contributed by atoms with van der Waals surface area (Å²) in [7, 11) is 0. The van der Waals surface area contributed by atoms with Crippen molar-refractivity contribution in [3.8, 4) is 10.4 Å². The van der Waals surface area contributed by atoms with Crippen LogP contribution in [0.5, 0.6) is 0 Å². The van der Waals surface area contributed by atoms with E-state index in [1.807, 2.05) is 6.92 Å². The van der Waals surface area contributed by atoms with Gasteiger partial charge in [-0.2, -0.15) is 13.2 Å². The first-order valence-corrected chi connectivity index (χ1v) is 13.1. The molecule has 3 N–H and O–H groups in total. The van der Waals surface area contributed by atoms with Crippen molar-refractivity contribution >= 4 is 29.0 Å². The topological polar surface area (TPSA) is 107 Å². The minimum Gasteiger partial charge on any atom is -0.393 e. The lowest BCUT2D eigenvalue weighted by Gasteiger charge is -2.31. The lowest BCUT2D eigenvalue weighted by molar-refractivity contribution is -0.142. The molecule has 0 bridgehead atoms. The van der Waals surface area contributed by atoms with Crippen LogP contribution in [0.15, 0.2) is 12.3 Å². The quantitative estimate of drug-likeness (QED) is 0.401. The summed E-state index contributed by atoms with van der Waals surface area (Å²) in [6, 6.07) is -1.54. The Morgan fingerprint density at radius 2 is 2.00 bits per heavy atom. The van der Waals surface area contributed by atoms with Crippen molar-refractivity contribution in [2.75, 3.05) is 11.9 Å². The number of aliphatic hydroxyl groups is 1. The Bertz CT molecular complexity index is 1180. The van der Waals surface area contributed by atoms with E-state index >= 15 is 0 Å². The van der Waals surface area contributed by atoms with Crippen molar-refractivity contribution < 1.29 is 36.6 Å². The Hall–Kier alpha value is -2.87. The van der Waals surface area contributed by atoms with Gasteiger partial charge in [-0.1, -0.05) is 6.92 Å². The maximum atomic E-state index is 14.2. The first kappa shape index (κ1) is 28.1. The van der Waals surface area contributed by atoms with Crippen LogP contribution < -0.4 is 10.6 Å². The second-order valence-corrected chi connectivity index (χ2v) is 10.6. The second-order valence-electron chi connectivity index (χ2n) is 9.59. The molecule has 0 unspecified atom stereocenters. The molecule has 1 saturated carbocycles. The zero-order valence-corrected chi connectivity index (χ0v) is 21.5. The highest BCUT2D eigenvalue weighted by Gasteiger charge is 2.39. The van der Waals surface area contributed by atoms with Crippen LogP contribution in [0.4, 0.5) is 27.8 Å². The number of aliphatic hydroxyl groups excluding tert-OH is 1. The van der Waals surface area contributed by atoms with Gasteiger partial charge >= 0.3 is 6.18 Å². The molecule has 2 amide bonds. The highest BCUT2D eigenvalue weighted by Crippen LogP contribution is 2.39. The van der Waals surface area contributed by atoms with Gasteiger partial charge in [-0.15, -0.1) is 11.3 Å². The van der Waals surface area contributed by atoms with E-state index in [2.05, 4.69) is 20.6 Å². The van der Waals surface area contributed by atoms with Gasteiger partial charge in [0.1, 0.15) is 17.6 Å². The van der Waals surface area contributed by atoms with Crippen molar-refractivity contribution in [3.05, 3.63) is 28.5 Å². The molecule has 4 rings (SSSR count). The minimum absolute atomic E-state index is 0.00916. The molecule has 14 heteroatoms. The zero-order valence-electron chi connectivity index (χ0n) is 20.7. The summed E-state index contributed by atoms with van der Waals surface area (Å²) >= 11 is 0.740. The summed E-state index contributed by atoms with van der Waals surface area (Å²) in [6.07, 6.45) is -5.35. The van der Waals surface area contributed by atoms with Crippen molar-refractivity contribution in [1.29, 1.82) is 0 Å². The number of carbonyl (C=O) groups is 2. The monoisotopic (exact) mass is 561 g/mol. The van der Waals surface area contributed by atoms with E-state index < -0.39 is 42.1 Å². The van der Waals surface area contributed by atoms with Gasteiger partial charge in [0.05, 0.1) is 11.0 Å². The number of alkyl halides is 5. The number of likely N-dealkylation sites (tertiary alicyclic amines) is 1. The van der Waals surface area contributed by atoms with Gasteiger partial charge in [-0.25, -0.2) is 18.7 Å². The lowest BCUT2D eigenvalue weighted by atomic mass is 9.89. The van der Waals surface area contributed by atoms with Gasteiger partial charge < -0.3 is 20.6 Å². The Labute approximate surface area is 219 Å². The van der Waals surface area contributed by atoms with Gasteiger partial charge in [-0.05, 0) is 45.1 Å². The Morgan fingerprint density at radius 1 is 1.29 bits per heavy atom. The maximum Gasteiger partial charge on any atom is 0.408 e. The number of thiazole rings is 1. The van der Waals surface area contributed by atoms with Gasteiger partial charge in [0, 0.05) is 36.0 Å². The minimum atomic E-state index is -4.61. The molecule has 2 aromatic heterocycles. The molecule has 0 aromatic carbocycles. The molecular weight excluding hydrogens is 533 g/mol. The van der Waals surface area contributed by atoms with Gasteiger partial charge in [0.2, 0.25) is 0 Å².